The molecule has 0 heterocycles. The van der Waals surface area contributed by atoms with Crippen LogP contribution in [0.3, 0.4) is 0 Å². The highest BCUT2D eigenvalue weighted by molar-refractivity contribution is 4.70. The Hall–Kier alpha value is -0.0800. The number of hydrogen-bond donors (Lipinski definition) is 1. The first-order valence-corrected chi connectivity index (χ1v) is 5.44. The third-order valence-electron chi connectivity index (χ3n) is 2.41. The number of ether oxygens (including phenoxy) is 1. The average Bonchev–Trinajstić information content (AvgIpc) is 2.48. The van der Waals surface area contributed by atoms with Crippen LogP contribution in [0.1, 0.15) is 46.5 Å². The lowest BCUT2D eigenvalue weighted by atomic mass is 10.1. The highest BCUT2D eigenvalue weighted by atomic mass is 16.5. The van der Waals surface area contributed by atoms with Gasteiger partial charge in [-0.25, -0.2) is 0 Å². The van der Waals surface area contributed by atoms with Gasteiger partial charge in [-0.15, -0.1) is 0 Å². The molecule has 2 heteroatoms. The molecule has 0 aromatic rings. The molecular formula is C11H23NO. The quantitative estimate of drug-likeness (QED) is 0.679. The van der Waals surface area contributed by atoms with E-state index in [4.69, 9.17) is 4.74 Å². The van der Waals surface area contributed by atoms with Crippen molar-refractivity contribution in [1.29, 1.82) is 0 Å². The summed E-state index contributed by atoms with van der Waals surface area (Å²) in [7, 11) is 0. The van der Waals surface area contributed by atoms with E-state index in [-0.39, 0.29) is 5.54 Å². The molecule has 1 rings (SSSR count). The fraction of sp³-hybridized carbons (Fsp3) is 1.00. The van der Waals surface area contributed by atoms with Crippen LogP contribution in [0.15, 0.2) is 0 Å². The molecule has 78 valence electrons. The van der Waals surface area contributed by atoms with Crippen LogP contribution in [0.4, 0.5) is 0 Å². The first-order chi connectivity index (χ1) is 6.08. The lowest BCUT2D eigenvalue weighted by Crippen LogP contribution is -2.38. The van der Waals surface area contributed by atoms with Gasteiger partial charge in [0.25, 0.3) is 0 Å². The highest BCUT2D eigenvalue weighted by Crippen LogP contribution is 2.20. The number of rotatable bonds is 4. The van der Waals surface area contributed by atoms with Gasteiger partial charge in [0.1, 0.15) is 0 Å². The van der Waals surface area contributed by atoms with Gasteiger partial charge in [-0.1, -0.05) is 12.8 Å². The summed E-state index contributed by atoms with van der Waals surface area (Å²) < 4.78 is 5.74. The van der Waals surface area contributed by atoms with Crippen molar-refractivity contribution in [1.82, 2.24) is 5.32 Å². The van der Waals surface area contributed by atoms with Crippen molar-refractivity contribution in [2.75, 3.05) is 13.2 Å². The van der Waals surface area contributed by atoms with Crippen LogP contribution in [0, 0.1) is 0 Å². The average molecular weight is 185 g/mol. The Bertz CT molecular complexity index is 134. The molecule has 2 nitrogen and oxygen atoms in total. The summed E-state index contributed by atoms with van der Waals surface area (Å²) in [6.07, 6.45) is 5.82. The third-order valence-corrected chi connectivity index (χ3v) is 2.41. The van der Waals surface area contributed by atoms with E-state index in [1.165, 1.54) is 25.7 Å². The topological polar surface area (TPSA) is 21.3 Å². The Labute approximate surface area is 82.0 Å². The van der Waals surface area contributed by atoms with Crippen LogP contribution in [-0.2, 0) is 4.74 Å². The van der Waals surface area contributed by atoms with Crippen LogP contribution in [0.2, 0.25) is 0 Å². The van der Waals surface area contributed by atoms with Crippen LogP contribution in [-0.4, -0.2) is 24.8 Å². The minimum atomic E-state index is 0.221. The summed E-state index contributed by atoms with van der Waals surface area (Å²) in [5, 5.41) is 3.42. The van der Waals surface area contributed by atoms with E-state index >= 15 is 0 Å². The zero-order chi connectivity index (χ0) is 9.73. The van der Waals surface area contributed by atoms with E-state index in [1.807, 2.05) is 0 Å². The lowest BCUT2D eigenvalue weighted by molar-refractivity contribution is 0.0576. The van der Waals surface area contributed by atoms with Gasteiger partial charge >= 0.3 is 0 Å². The van der Waals surface area contributed by atoms with E-state index in [0.717, 1.165) is 13.2 Å². The maximum atomic E-state index is 5.74. The van der Waals surface area contributed by atoms with Crippen LogP contribution < -0.4 is 5.32 Å². The first kappa shape index (κ1) is 11.0. The minimum Gasteiger partial charge on any atom is -0.377 e. The Morgan fingerprint density at radius 3 is 2.38 bits per heavy atom. The van der Waals surface area contributed by atoms with Crippen molar-refractivity contribution in [3.05, 3.63) is 0 Å². The molecule has 0 aliphatic heterocycles. The molecule has 1 N–H and O–H groups in total. The Balaban J connectivity index is 1.94. The second-order valence-corrected chi connectivity index (χ2v) is 4.95. The first-order valence-electron chi connectivity index (χ1n) is 5.44. The zero-order valence-electron chi connectivity index (χ0n) is 9.23. The van der Waals surface area contributed by atoms with E-state index < -0.39 is 0 Å². The van der Waals surface area contributed by atoms with Crippen molar-refractivity contribution in [3.63, 3.8) is 0 Å². The zero-order valence-corrected chi connectivity index (χ0v) is 9.23. The summed E-state index contributed by atoms with van der Waals surface area (Å²) in [4.78, 5) is 0. The lowest BCUT2D eigenvalue weighted by Gasteiger charge is -2.21. The molecule has 1 saturated carbocycles. The summed E-state index contributed by atoms with van der Waals surface area (Å²) in [6.45, 7) is 8.38. The summed E-state index contributed by atoms with van der Waals surface area (Å²) >= 11 is 0. The fourth-order valence-electron chi connectivity index (χ4n) is 1.71. The van der Waals surface area contributed by atoms with Crippen LogP contribution in [0.25, 0.3) is 0 Å². The van der Waals surface area contributed by atoms with Gasteiger partial charge in [0.05, 0.1) is 12.7 Å². The van der Waals surface area contributed by atoms with Crippen molar-refractivity contribution in [2.24, 2.45) is 0 Å². The van der Waals surface area contributed by atoms with Gasteiger partial charge in [0.2, 0.25) is 0 Å². The molecule has 13 heavy (non-hydrogen) atoms. The summed E-state index contributed by atoms with van der Waals surface area (Å²) in [5.74, 6) is 0. The SMILES string of the molecule is CC(C)(C)NCCOC1CCCC1. The standard InChI is InChI=1S/C11H23NO/c1-11(2,3)12-8-9-13-10-6-4-5-7-10/h10,12H,4-9H2,1-3H3. The molecule has 0 aromatic heterocycles. The summed E-state index contributed by atoms with van der Waals surface area (Å²) in [5.41, 5.74) is 0.221. The molecule has 1 aliphatic carbocycles. The normalized spacial score (nSPS) is 19.6. The van der Waals surface area contributed by atoms with Crippen molar-refractivity contribution in [2.45, 2.75) is 58.1 Å². The molecule has 0 atom stereocenters. The molecule has 0 aromatic carbocycles. The van der Waals surface area contributed by atoms with Crippen molar-refractivity contribution >= 4 is 0 Å². The second-order valence-electron chi connectivity index (χ2n) is 4.95. The molecule has 0 spiro atoms. The highest BCUT2D eigenvalue weighted by Gasteiger charge is 2.15. The van der Waals surface area contributed by atoms with Crippen LogP contribution >= 0.6 is 0 Å². The van der Waals surface area contributed by atoms with Gasteiger partial charge in [0.15, 0.2) is 0 Å². The van der Waals surface area contributed by atoms with Gasteiger partial charge in [-0.05, 0) is 33.6 Å². The number of nitrogens with one attached hydrogen (secondary N) is 1. The molecule has 0 saturated heterocycles. The second kappa shape index (κ2) is 4.97. The summed E-state index contributed by atoms with van der Waals surface area (Å²) in [6, 6.07) is 0. The van der Waals surface area contributed by atoms with Crippen LogP contribution in [0.5, 0.6) is 0 Å². The van der Waals surface area contributed by atoms with Gasteiger partial charge in [0, 0.05) is 12.1 Å². The minimum absolute atomic E-state index is 0.221. The fourth-order valence-corrected chi connectivity index (χ4v) is 1.71. The molecule has 0 bridgehead atoms. The number of hydrogen-bond acceptors (Lipinski definition) is 2. The van der Waals surface area contributed by atoms with E-state index in [1.54, 1.807) is 0 Å². The molecule has 1 fully saturated rings. The van der Waals surface area contributed by atoms with E-state index in [9.17, 15) is 0 Å². The van der Waals surface area contributed by atoms with E-state index in [2.05, 4.69) is 26.1 Å². The van der Waals surface area contributed by atoms with Gasteiger partial charge in [-0.2, -0.15) is 0 Å². The third kappa shape index (κ3) is 5.27. The Morgan fingerprint density at radius 2 is 1.85 bits per heavy atom. The Kier molecular flexibility index (Phi) is 4.20. The maximum Gasteiger partial charge on any atom is 0.0594 e. The van der Waals surface area contributed by atoms with E-state index in [0.29, 0.717) is 6.10 Å². The predicted octanol–water partition coefficient (Wildman–Crippen LogP) is 2.33. The molecule has 1 aliphatic rings. The largest absolute Gasteiger partial charge is 0.377 e. The molecule has 0 amide bonds. The Morgan fingerprint density at radius 1 is 1.23 bits per heavy atom. The van der Waals surface area contributed by atoms with Gasteiger partial charge in [-0.3, -0.25) is 0 Å². The molecule has 0 unspecified atom stereocenters. The molecular weight excluding hydrogens is 162 g/mol. The smallest absolute Gasteiger partial charge is 0.0594 e. The molecule has 0 radical (unpaired) electrons. The van der Waals surface area contributed by atoms with Gasteiger partial charge < -0.3 is 10.1 Å². The predicted molar refractivity (Wildman–Crippen MR) is 56.0 cm³/mol. The monoisotopic (exact) mass is 185 g/mol. The van der Waals surface area contributed by atoms with Crippen molar-refractivity contribution < 1.29 is 4.74 Å². The maximum absolute atomic E-state index is 5.74. The van der Waals surface area contributed by atoms with Crippen molar-refractivity contribution in [3.8, 4) is 0 Å².